The maximum Gasteiger partial charge on any atom is 0.235 e. The van der Waals surface area contributed by atoms with Gasteiger partial charge >= 0.3 is 0 Å². The highest BCUT2D eigenvalue weighted by Gasteiger charge is 2.19. The maximum atomic E-state index is 11.4. The van der Waals surface area contributed by atoms with E-state index in [0.717, 1.165) is 25.7 Å². The molecule has 11 nitrogen and oxygen atoms in total. The quantitative estimate of drug-likeness (QED) is 0.213. The Morgan fingerprint density at radius 3 is 1.52 bits per heavy atom. The summed E-state index contributed by atoms with van der Waals surface area (Å²) in [4.78, 5) is 10.2. The second-order valence-electron chi connectivity index (χ2n) is 4.69. The van der Waals surface area contributed by atoms with Gasteiger partial charge < -0.3 is 24.8 Å². The summed E-state index contributed by atoms with van der Waals surface area (Å²) >= 11 is 0. The SMILES string of the molecule is [O-][N+](=NOCOCON=[N+]([O-])N1CCCC1)N1CCCC1. The lowest BCUT2D eigenvalue weighted by atomic mass is 10.4. The molecule has 0 aromatic rings. The van der Waals surface area contributed by atoms with Crippen LogP contribution in [-0.4, -0.2) is 59.7 Å². The van der Waals surface area contributed by atoms with Crippen molar-refractivity contribution in [1.29, 1.82) is 0 Å². The zero-order chi connectivity index (χ0) is 14.9. The van der Waals surface area contributed by atoms with E-state index in [9.17, 15) is 10.4 Å². The summed E-state index contributed by atoms with van der Waals surface area (Å²) in [5, 5.41) is 32.4. The van der Waals surface area contributed by atoms with Crippen molar-refractivity contribution < 1.29 is 24.4 Å². The Morgan fingerprint density at radius 1 is 0.762 bits per heavy atom. The Kier molecular flexibility index (Phi) is 6.06. The summed E-state index contributed by atoms with van der Waals surface area (Å²) in [6, 6.07) is 0. The topological polar surface area (TPSA) is 111 Å². The van der Waals surface area contributed by atoms with Gasteiger partial charge in [-0.3, -0.25) is 0 Å². The zero-order valence-corrected chi connectivity index (χ0v) is 11.8. The molecule has 2 aliphatic heterocycles. The van der Waals surface area contributed by atoms with Gasteiger partial charge in [0, 0.05) is 0 Å². The molecule has 0 aromatic carbocycles. The standard InChI is InChI=1S/C10H20N6O5/c17-15(13-5-1-2-6-13)11-20-9-19-10-21-12-16(18)14-7-3-4-8-14/h1-10H2. The number of hydrazine groups is 2. The van der Waals surface area contributed by atoms with E-state index in [-0.39, 0.29) is 13.6 Å². The molecule has 0 bridgehead atoms. The number of hydrogen-bond donors (Lipinski definition) is 0. The molecule has 0 saturated carbocycles. The van der Waals surface area contributed by atoms with Crippen LogP contribution < -0.4 is 0 Å². The molecule has 0 atom stereocenters. The predicted molar refractivity (Wildman–Crippen MR) is 66.7 cm³/mol. The molecule has 11 heteroatoms. The summed E-state index contributed by atoms with van der Waals surface area (Å²) in [6.07, 6.45) is 3.90. The van der Waals surface area contributed by atoms with Gasteiger partial charge in [0.1, 0.15) is 0 Å². The third-order valence-corrected chi connectivity index (χ3v) is 3.18. The molecule has 2 heterocycles. The molecule has 0 radical (unpaired) electrons. The second kappa shape index (κ2) is 8.29. The van der Waals surface area contributed by atoms with Gasteiger partial charge in [0.25, 0.3) is 0 Å². The zero-order valence-electron chi connectivity index (χ0n) is 11.8. The van der Waals surface area contributed by atoms with Gasteiger partial charge in [-0.1, -0.05) is 0 Å². The van der Waals surface area contributed by atoms with E-state index in [1.165, 1.54) is 10.0 Å². The Balaban J connectivity index is 1.51. The van der Waals surface area contributed by atoms with Crippen molar-refractivity contribution >= 4 is 0 Å². The molecule has 2 rings (SSSR count). The molecule has 0 aliphatic carbocycles. The normalized spacial score (nSPS) is 20.2. The molecule has 21 heavy (non-hydrogen) atoms. The second-order valence-corrected chi connectivity index (χ2v) is 4.69. The monoisotopic (exact) mass is 304 g/mol. The first kappa shape index (κ1) is 15.4. The predicted octanol–water partition coefficient (Wildman–Crippen LogP) is 0.728. The van der Waals surface area contributed by atoms with Crippen molar-refractivity contribution in [2.24, 2.45) is 10.6 Å². The van der Waals surface area contributed by atoms with E-state index in [4.69, 9.17) is 4.74 Å². The largest absolute Gasteiger partial charge is 0.569 e. The van der Waals surface area contributed by atoms with Crippen LogP contribution in [0, 0.1) is 10.4 Å². The van der Waals surface area contributed by atoms with Crippen molar-refractivity contribution in [1.82, 2.24) is 10.0 Å². The van der Waals surface area contributed by atoms with E-state index in [1.807, 2.05) is 0 Å². The fourth-order valence-electron chi connectivity index (χ4n) is 2.10. The molecule has 2 fully saturated rings. The molecule has 0 N–H and O–H groups in total. The number of rotatable bonds is 8. The van der Waals surface area contributed by atoms with Gasteiger partial charge in [-0.25, -0.2) is 0 Å². The van der Waals surface area contributed by atoms with Crippen LogP contribution in [0.5, 0.6) is 0 Å². The molecule has 0 spiro atoms. The van der Waals surface area contributed by atoms with Crippen LogP contribution in [0.25, 0.3) is 0 Å². The van der Waals surface area contributed by atoms with E-state index < -0.39 is 0 Å². The number of nitrogens with zero attached hydrogens (tertiary/aromatic N) is 6. The molecule has 0 amide bonds. The van der Waals surface area contributed by atoms with E-state index >= 15 is 0 Å². The molecule has 120 valence electrons. The highest BCUT2D eigenvalue weighted by atomic mass is 16.8. The first-order chi connectivity index (χ1) is 10.3. The highest BCUT2D eigenvalue weighted by Crippen LogP contribution is 2.08. The Morgan fingerprint density at radius 2 is 1.14 bits per heavy atom. The minimum atomic E-state index is -0.259. The highest BCUT2D eigenvalue weighted by molar-refractivity contribution is 4.56. The van der Waals surface area contributed by atoms with Crippen LogP contribution in [0.4, 0.5) is 0 Å². The van der Waals surface area contributed by atoms with Crippen molar-refractivity contribution in [2.75, 3.05) is 39.8 Å². The third-order valence-electron chi connectivity index (χ3n) is 3.18. The summed E-state index contributed by atoms with van der Waals surface area (Å²) in [6.45, 7) is 2.18. The smallest absolute Gasteiger partial charge is 0.235 e. The van der Waals surface area contributed by atoms with Crippen molar-refractivity contribution in [2.45, 2.75) is 25.7 Å². The molecular formula is C10H20N6O5. The third kappa shape index (κ3) is 5.10. The minimum Gasteiger partial charge on any atom is -0.569 e. The average molecular weight is 304 g/mol. The maximum absolute atomic E-state index is 11.4. The van der Waals surface area contributed by atoms with Gasteiger partial charge in [-0.05, 0) is 25.7 Å². The lowest BCUT2D eigenvalue weighted by Crippen LogP contribution is -2.27. The van der Waals surface area contributed by atoms with Gasteiger partial charge in [0.15, 0.2) is 0 Å². The molecule has 0 aromatic heterocycles. The number of ether oxygens (including phenoxy) is 1. The van der Waals surface area contributed by atoms with E-state index in [2.05, 4.69) is 20.2 Å². The van der Waals surface area contributed by atoms with Gasteiger partial charge in [-0.15, -0.1) is 10.0 Å². The van der Waals surface area contributed by atoms with Crippen LogP contribution in [0.1, 0.15) is 25.7 Å². The molecule has 0 unspecified atom stereocenters. The van der Waals surface area contributed by atoms with Crippen LogP contribution in [0.2, 0.25) is 0 Å². The summed E-state index contributed by atoms with van der Waals surface area (Å²) in [7, 11) is 0. The van der Waals surface area contributed by atoms with Crippen LogP contribution in [0.15, 0.2) is 10.6 Å². The average Bonchev–Trinajstić information content (AvgIpc) is 3.18. The van der Waals surface area contributed by atoms with Gasteiger partial charge in [0.2, 0.25) is 24.1 Å². The fraction of sp³-hybridized carbons (Fsp3) is 1.00. The Labute approximate surface area is 122 Å². The van der Waals surface area contributed by atoms with Gasteiger partial charge in [0.05, 0.1) is 36.1 Å². The minimum absolute atomic E-state index is 0.259. The number of hydrogen-bond acceptors (Lipinski definition) is 7. The van der Waals surface area contributed by atoms with E-state index in [1.54, 1.807) is 0 Å². The fourth-order valence-corrected chi connectivity index (χ4v) is 2.10. The Hall–Kier alpha value is -2.04. The summed E-state index contributed by atoms with van der Waals surface area (Å²) in [5.74, 6) is 0. The van der Waals surface area contributed by atoms with Crippen molar-refractivity contribution in [3.63, 3.8) is 0 Å². The molecular weight excluding hydrogens is 284 g/mol. The summed E-state index contributed by atoms with van der Waals surface area (Å²) < 4.78 is 4.86. The summed E-state index contributed by atoms with van der Waals surface area (Å²) in [5.41, 5.74) is 0. The molecule has 2 saturated heterocycles. The van der Waals surface area contributed by atoms with E-state index in [0.29, 0.717) is 36.1 Å². The Bertz CT molecular complexity index is 333. The van der Waals surface area contributed by atoms with Crippen LogP contribution in [-0.2, 0) is 14.4 Å². The lowest BCUT2D eigenvalue weighted by Gasteiger charge is -2.10. The van der Waals surface area contributed by atoms with Gasteiger partial charge in [-0.2, -0.15) is 0 Å². The molecule has 2 aliphatic rings. The van der Waals surface area contributed by atoms with Crippen LogP contribution in [0.3, 0.4) is 0 Å². The first-order valence-corrected chi connectivity index (χ1v) is 6.95. The lowest BCUT2D eigenvalue weighted by molar-refractivity contribution is -0.710. The van der Waals surface area contributed by atoms with Crippen molar-refractivity contribution in [3.8, 4) is 0 Å². The first-order valence-electron chi connectivity index (χ1n) is 6.95. The van der Waals surface area contributed by atoms with Crippen LogP contribution >= 0.6 is 0 Å². The van der Waals surface area contributed by atoms with Crippen molar-refractivity contribution in [3.05, 3.63) is 10.4 Å².